The number of thiophene rings is 1. The van der Waals surface area contributed by atoms with Gasteiger partial charge in [0.05, 0.1) is 17.5 Å². The molecule has 2 aromatic rings. The van der Waals surface area contributed by atoms with E-state index in [2.05, 4.69) is 43.2 Å². The molecule has 6 heteroatoms. The Kier molecular flexibility index (Phi) is 5.74. The quantitative estimate of drug-likeness (QED) is 0.688. The molecule has 2 rings (SSSR count). The number of halogens is 2. The zero-order valence-corrected chi connectivity index (χ0v) is 15.2. The van der Waals surface area contributed by atoms with Crippen LogP contribution in [0.15, 0.2) is 32.5 Å². The minimum absolute atomic E-state index is 0.625. The molecule has 0 aliphatic carbocycles. The molecule has 1 N–H and O–H groups in total. The van der Waals surface area contributed by atoms with E-state index >= 15 is 0 Å². The summed E-state index contributed by atoms with van der Waals surface area (Å²) >= 11 is 8.70. The molecule has 1 aromatic heterocycles. The summed E-state index contributed by atoms with van der Waals surface area (Å²) in [5.74, 6) is 1.51. The van der Waals surface area contributed by atoms with Gasteiger partial charge in [0.2, 0.25) is 0 Å². The van der Waals surface area contributed by atoms with Crippen LogP contribution in [0.4, 0.5) is 5.69 Å². The largest absolute Gasteiger partial charge is 0.493 e. The fourth-order valence-corrected chi connectivity index (χ4v) is 3.84. The lowest BCUT2D eigenvalue weighted by Crippen LogP contribution is -1.99. The molecular weight excluding hydrogens is 406 g/mol. The van der Waals surface area contributed by atoms with Gasteiger partial charge in [-0.05, 0) is 57.0 Å². The van der Waals surface area contributed by atoms with Crippen molar-refractivity contribution in [3.8, 4) is 11.5 Å². The first-order chi connectivity index (χ1) is 9.63. The van der Waals surface area contributed by atoms with Gasteiger partial charge in [0, 0.05) is 27.6 Å². The van der Waals surface area contributed by atoms with Gasteiger partial charge in [-0.3, -0.25) is 0 Å². The van der Waals surface area contributed by atoms with Crippen LogP contribution in [0, 0.1) is 0 Å². The van der Waals surface area contributed by atoms with E-state index in [-0.39, 0.29) is 0 Å². The van der Waals surface area contributed by atoms with Crippen LogP contribution in [0.2, 0.25) is 0 Å². The summed E-state index contributed by atoms with van der Waals surface area (Å²) in [4.78, 5) is 1.25. The van der Waals surface area contributed by atoms with Gasteiger partial charge >= 0.3 is 0 Å². The number of hydrogen-bond acceptors (Lipinski definition) is 4. The highest BCUT2D eigenvalue weighted by atomic mass is 79.9. The van der Waals surface area contributed by atoms with Gasteiger partial charge in [-0.1, -0.05) is 0 Å². The van der Waals surface area contributed by atoms with E-state index < -0.39 is 0 Å². The third-order valence-electron chi connectivity index (χ3n) is 2.63. The number of anilines is 1. The van der Waals surface area contributed by atoms with Crippen LogP contribution in [0.5, 0.6) is 11.5 Å². The van der Waals surface area contributed by atoms with Gasteiger partial charge in [0.15, 0.2) is 11.5 Å². The fraction of sp³-hybridized carbons (Fsp3) is 0.286. The van der Waals surface area contributed by atoms with Crippen molar-refractivity contribution in [1.29, 1.82) is 0 Å². The minimum atomic E-state index is 0.625. The first-order valence-electron chi connectivity index (χ1n) is 6.12. The highest BCUT2D eigenvalue weighted by Gasteiger charge is 2.07. The fourth-order valence-electron chi connectivity index (χ4n) is 1.72. The average molecular weight is 421 g/mol. The van der Waals surface area contributed by atoms with Crippen LogP contribution < -0.4 is 14.8 Å². The highest BCUT2D eigenvalue weighted by Crippen LogP contribution is 2.34. The van der Waals surface area contributed by atoms with Gasteiger partial charge in [0.25, 0.3) is 0 Å². The Hall–Kier alpha value is -0.720. The summed E-state index contributed by atoms with van der Waals surface area (Å²) in [7, 11) is 1.65. The molecule has 0 atom stereocenters. The van der Waals surface area contributed by atoms with Gasteiger partial charge < -0.3 is 14.8 Å². The van der Waals surface area contributed by atoms with E-state index in [0.717, 1.165) is 32.0 Å². The number of rotatable bonds is 6. The lowest BCUT2D eigenvalue weighted by Gasteiger charge is -2.11. The number of methoxy groups -OCH3 is 1. The summed E-state index contributed by atoms with van der Waals surface area (Å²) in [6.45, 7) is 3.35. The van der Waals surface area contributed by atoms with Crippen molar-refractivity contribution in [2.75, 3.05) is 19.0 Å². The van der Waals surface area contributed by atoms with Crippen LogP contribution in [0.1, 0.15) is 11.8 Å². The Morgan fingerprint density at radius 2 is 2.00 bits per heavy atom. The second-order valence-corrected chi connectivity index (χ2v) is 7.30. The monoisotopic (exact) mass is 419 g/mol. The molecule has 0 aliphatic rings. The zero-order valence-electron chi connectivity index (χ0n) is 11.2. The Labute approximate surface area is 139 Å². The summed E-state index contributed by atoms with van der Waals surface area (Å²) < 4.78 is 13.0. The van der Waals surface area contributed by atoms with Crippen molar-refractivity contribution in [3.63, 3.8) is 0 Å². The second-order valence-electron chi connectivity index (χ2n) is 3.99. The molecule has 0 saturated carbocycles. The Bertz CT molecular complexity index is 567. The predicted molar refractivity (Wildman–Crippen MR) is 91.2 cm³/mol. The van der Waals surface area contributed by atoms with Gasteiger partial charge in [-0.2, -0.15) is 0 Å². The maximum atomic E-state index is 5.50. The maximum absolute atomic E-state index is 5.50. The van der Waals surface area contributed by atoms with E-state index in [1.54, 1.807) is 18.4 Å². The lowest BCUT2D eigenvalue weighted by molar-refractivity contribution is 0.311. The molecule has 0 fully saturated rings. The van der Waals surface area contributed by atoms with Gasteiger partial charge in [-0.15, -0.1) is 11.3 Å². The van der Waals surface area contributed by atoms with Crippen molar-refractivity contribution < 1.29 is 9.47 Å². The molecular formula is C14H15Br2NO2S. The first kappa shape index (κ1) is 15.7. The first-order valence-corrected chi connectivity index (χ1v) is 8.52. The molecule has 0 bridgehead atoms. The second kappa shape index (κ2) is 7.33. The molecule has 1 heterocycles. The molecule has 0 unspecified atom stereocenters. The Balaban J connectivity index is 2.06. The van der Waals surface area contributed by atoms with Crippen molar-refractivity contribution in [3.05, 3.63) is 37.4 Å². The summed E-state index contributed by atoms with van der Waals surface area (Å²) in [6.07, 6.45) is 0. The summed E-state index contributed by atoms with van der Waals surface area (Å²) in [5.41, 5.74) is 1.01. The smallest absolute Gasteiger partial charge is 0.162 e. The predicted octanol–water partition coefficient (Wildman–Crippen LogP) is 5.29. The SMILES string of the molecule is CCOc1ccc(NCc2cc(Br)c(Br)s2)cc1OC. The molecule has 0 radical (unpaired) electrons. The van der Waals surface area contributed by atoms with E-state index in [9.17, 15) is 0 Å². The normalized spacial score (nSPS) is 10.4. The van der Waals surface area contributed by atoms with Crippen molar-refractivity contribution in [2.24, 2.45) is 0 Å². The molecule has 0 saturated heterocycles. The standard InChI is InChI=1S/C14H15Br2NO2S/c1-3-19-12-5-4-9(6-13(12)18-2)17-8-10-7-11(15)14(16)20-10/h4-7,17H,3,8H2,1-2H3. The topological polar surface area (TPSA) is 30.5 Å². The summed E-state index contributed by atoms with van der Waals surface area (Å²) in [5, 5.41) is 3.38. The number of ether oxygens (including phenoxy) is 2. The number of benzene rings is 1. The zero-order chi connectivity index (χ0) is 14.5. The van der Waals surface area contributed by atoms with Crippen LogP contribution in [0.25, 0.3) is 0 Å². The highest BCUT2D eigenvalue weighted by molar-refractivity contribution is 9.13. The van der Waals surface area contributed by atoms with Crippen LogP contribution in [-0.4, -0.2) is 13.7 Å². The van der Waals surface area contributed by atoms with Crippen molar-refractivity contribution in [2.45, 2.75) is 13.5 Å². The third-order valence-corrected chi connectivity index (χ3v) is 5.88. The van der Waals surface area contributed by atoms with E-state index in [0.29, 0.717) is 6.61 Å². The Morgan fingerprint density at radius 3 is 2.60 bits per heavy atom. The molecule has 0 aliphatic heterocycles. The van der Waals surface area contributed by atoms with Crippen molar-refractivity contribution >= 4 is 48.9 Å². The number of hydrogen-bond donors (Lipinski definition) is 1. The lowest BCUT2D eigenvalue weighted by atomic mass is 10.2. The summed E-state index contributed by atoms with van der Waals surface area (Å²) in [6, 6.07) is 7.96. The molecule has 1 aromatic carbocycles. The van der Waals surface area contributed by atoms with E-state index in [1.807, 2.05) is 25.1 Å². The Morgan fingerprint density at radius 1 is 1.20 bits per heavy atom. The van der Waals surface area contributed by atoms with E-state index in [1.165, 1.54) is 4.88 Å². The third kappa shape index (κ3) is 3.90. The molecule has 0 amide bonds. The minimum Gasteiger partial charge on any atom is -0.493 e. The molecule has 20 heavy (non-hydrogen) atoms. The van der Waals surface area contributed by atoms with Gasteiger partial charge in [0.1, 0.15) is 0 Å². The van der Waals surface area contributed by atoms with Gasteiger partial charge in [-0.25, -0.2) is 0 Å². The number of nitrogens with one attached hydrogen (secondary N) is 1. The molecule has 3 nitrogen and oxygen atoms in total. The molecule has 108 valence electrons. The van der Waals surface area contributed by atoms with Crippen LogP contribution in [0.3, 0.4) is 0 Å². The van der Waals surface area contributed by atoms with Crippen LogP contribution >= 0.6 is 43.2 Å². The van der Waals surface area contributed by atoms with Crippen LogP contribution in [-0.2, 0) is 6.54 Å². The average Bonchev–Trinajstić information content (AvgIpc) is 2.77. The van der Waals surface area contributed by atoms with E-state index in [4.69, 9.17) is 9.47 Å². The molecule has 0 spiro atoms. The maximum Gasteiger partial charge on any atom is 0.162 e. The van der Waals surface area contributed by atoms with Crippen molar-refractivity contribution in [1.82, 2.24) is 0 Å².